The molecule has 3 rings (SSSR count). The Balaban J connectivity index is -0.000000519. The van der Waals surface area contributed by atoms with E-state index in [9.17, 15) is 40.6 Å². The zero-order chi connectivity index (χ0) is 23.0. The number of anilines is 1. The summed E-state index contributed by atoms with van der Waals surface area (Å²) in [4.78, 5) is 22.8. The maximum Gasteiger partial charge on any atom is 1.00 e. The first-order valence-corrected chi connectivity index (χ1v) is 10.9. The van der Waals surface area contributed by atoms with Crippen LogP contribution in [0.4, 0.5) is 11.4 Å². The van der Waals surface area contributed by atoms with Crippen LogP contribution in [0.1, 0.15) is 2.85 Å². The van der Waals surface area contributed by atoms with E-state index in [1.165, 1.54) is 0 Å². The van der Waals surface area contributed by atoms with Gasteiger partial charge in [0.1, 0.15) is 25.9 Å². The number of carboxylic acid groups (broad SMARTS) is 1. The minimum Gasteiger partial charge on any atom is -1.00 e. The van der Waals surface area contributed by atoms with Gasteiger partial charge in [-0.1, -0.05) is 0 Å². The zero-order valence-corrected chi connectivity index (χ0v) is 31.6. The first-order chi connectivity index (χ1) is 14.4. The number of hydrazone groups is 1. The van der Waals surface area contributed by atoms with E-state index in [0.717, 1.165) is 48.5 Å². The average molecular weight is 582 g/mol. The number of carboxylic acids is 1. The summed E-state index contributed by atoms with van der Waals surface area (Å²) in [7, 11) is -9.40. The third kappa shape index (κ3) is 10.8. The van der Waals surface area contributed by atoms with Crippen LogP contribution in [0.25, 0.3) is 0 Å². The first kappa shape index (κ1) is 41.9. The Labute approximate surface area is 319 Å². The van der Waals surface area contributed by atoms with Crippen LogP contribution >= 0.6 is 0 Å². The van der Waals surface area contributed by atoms with Gasteiger partial charge in [0.15, 0.2) is 6.04 Å². The summed E-state index contributed by atoms with van der Waals surface area (Å²) in [6.45, 7) is 0. The molecule has 0 saturated carbocycles. The molecule has 1 heterocycles. The molecule has 0 aliphatic carbocycles. The van der Waals surface area contributed by atoms with E-state index in [-0.39, 0.29) is 162 Å². The predicted molar refractivity (Wildman–Crippen MR) is 99.3 cm³/mol. The summed E-state index contributed by atoms with van der Waals surface area (Å²) < 4.78 is 65.7. The molecule has 0 fully saturated rings. The first-order valence-electron chi connectivity index (χ1n) is 8.04. The maximum absolute atomic E-state index is 12.6. The minimum absolute atomic E-state index is 0. The van der Waals surface area contributed by atoms with Crippen molar-refractivity contribution in [1.82, 2.24) is 0 Å². The maximum atomic E-state index is 12.6. The number of aliphatic carboxylic acids is 1. The molecular weight excluding hydrogens is 571 g/mol. The summed E-state index contributed by atoms with van der Waals surface area (Å²) >= 11 is 0. The number of rotatable bonds is 6. The van der Waals surface area contributed by atoms with Crippen LogP contribution in [0, 0.1) is 0 Å². The van der Waals surface area contributed by atoms with E-state index >= 15 is 0 Å². The quantitative estimate of drug-likeness (QED) is 0.179. The van der Waals surface area contributed by atoms with Gasteiger partial charge in [0.25, 0.3) is 5.91 Å². The fourth-order valence-electron chi connectivity index (χ4n) is 2.44. The molecule has 2 aromatic rings. The number of nitrogens with zero attached hydrogens (tertiary/aromatic N) is 4. The monoisotopic (exact) mass is 582 g/mol. The van der Waals surface area contributed by atoms with Gasteiger partial charge in [0.05, 0.1) is 27.1 Å². The molecule has 0 spiro atoms. The van der Waals surface area contributed by atoms with Crippen LogP contribution in [-0.2, 0) is 29.8 Å². The number of benzene rings is 2. The molecule has 20 heteroatoms. The number of hydrogen-bond donors (Lipinski definition) is 0. The normalized spacial score (nSPS) is 14.8. The Hall–Kier alpha value is 1.47. The standard InChI is InChI=1S/C16H12N4O9S2.5Na.2H/c21-15-13(18-17-9-1-5-11(6-2-9)30(24,25)26)14(16(22)23)19-20(15)10-3-7-12(8-4-10)31(27,28)29;;;;;;;/h1-8,13H,(H,22,23)(H,24,25,26)(H,27,28,29);;;;;;;/q;5*+1;2*-1/p-3. The summed E-state index contributed by atoms with van der Waals surface area (Å²) in [6.07, 6.45) is 0. The van der Waals surface area contributed by atoms with Gasteiger partial charge in [-0.2, -0.15) is 20.3 Å². The summed E-state index contributed by atoms with van der Waals surface area (Å²) in [5.74, 6) is -2.77. The van der Waals surface area contributed by atoms with Crippen LogP contribution in [0.3, 0.4) is 0 Å². The Morgan fingerprint density at radius 1 is 0.833 bits per heavy atom. The van der Waals surface area contributed by atoms with E-state index in [1.807, 2.05) is 0 Å². The van der Waals surface area contributed by atoms with Crippen molar-refractivity contribution in [1.29, 1.82) is 0 Å². The summed E-state index contributed by atoms with van der Waals surface area (Å²) in [5.41, 5.74) is -0.812. The van der Waals surface area contributed by atoms with Gasteiger partial charge in [-0.05, 0) is 48.5 Å². The number of azo groups is 1. The molecule has 166 valence electrons. The minimum atomic E-state index is -4.73. The second-order valence-corrected chi connectivity index (χ2v) is 8.70. The molecule has 0 bridgehead atoms. The van der Waals surface area contributed by atoms with Crippen molar-refractivity contribution < 1.29 is 191 Å². The number of carbonyl (C=O) groups excluding carboxylic acids is 2. The van der Waals surface area contributed by atoms with Gasteiger partial charge in [-0.15, -0.1) is 0 Å². The van der Waals surface area contributed by atoms with E-state index in [1.54, 1.807) is 0 Å². The topological polar surface area (TPSA) is 212 Å². The van der Waals surface area contributed by atoms with Crippen molar-refractivity contribution in [2.75, 3.05) is 5.01 Å². The number of carbonyl (C=O) groups is 2. The average Bonchev–Trinajstić information content (AvgIpc) is 3.02. The molecule has 0 saturated heterocycles. The molecule has 1 unspecified atom stereocenters. The number of amides is 1. The van der Waals surface area contributed by atoms with Gasteiger partial charge >= 0.3 is 148 Å². The van der Waals surface area contributed by atoms with Gasteiger partial charge in [-0.3, -0.25) is 4.79 Å². The third-order valence-electron chi connectivity index (χ3n) is 3.90. The van der Waals surface area contributed by atoms with Crippen LogP contribution in [-0.4, -0.2) is 49.6 Å². The predicted octanol–water partition coefficient (Wildman–Crippen LogP) is -15.7. The van der Waals surface area contributed by atoms with Crippen LogP contribution < -0.4 is 158 Å². The molecule has 13 nitrogen and oxygen atoms in total. The van der Waals surface area contributed by atoms with Crippen molar-refractivity contribution in [2.45, 2.75) is 15.8 Å². The zero-order valence-electron chi connectivity index (χ0n) is 22.0. The molecular formula is C16H11N4Na5O9S2. The second kappa shape index (κ2) is 17.3. The van der Waals surface area contributed by atoms with Crippen molar-refractivity contribution >= 4 is 49.2 Å². The van der Waals surface area contributed by atoms with Gasteiger partial charge < -0.3 is 21.9 Å². The molecule has 36 heavy (non-hydrogen) atoms. The molecule has 0 N–H and O–H groups in total. The summed E-state index contributed by atoms with van der Waals surface area (Å²) in [5, 5.41) is 22.8. The molecule has 0 aromatic heterocycles. The van der Waals surface area contributed by atoms with E-state index in [2.05, 4.69) is 15.3 Å². The third-order valence-corrected chi connectivity index (χ3v) is 5.60. The number of hydrogen-bond acceptors (Lipinski definition) is 12. The van der Waals surface area contributed by atoms with Crippen molar-refractivity contribution in [3.8, 4) is 0 Å². The smallest absolute Gasteiger partial charge is 1.00 e. The molecule has 2 aromatic carbocycles. The Kier molecular flexibility index (Phi) is 20.2. The van der Waals surface area contributed by atoms with E-state index in [4.69, 9.17) is 0 Å². The molecule has 1 aliphatic rings. The van der Waals surface area contributed by atoms with Crippen molar-refractivity contribution in [2.24, 2.45) is 15.3 Å². The van der Waals surface area contributed by atoms with E-state index in [0.29, 0.717) is 5.01 Å². The largest absolute Gasteiger partial charge is 1.00 e. The van der Waals surface area contributed by atoms with Crippen LogP contribution in [0.2, 0.25) is 0 Å². The fraction of sp³-hybridized carbons (Fsp3) is 0.0625. The Morgan fingerprint density at radius 2 is 1.25 bits per heavy atom. The summed E-state index contributed by atoms with van der Waals surface area (Å²) in [6, 6.07) is 6.40. The SMILES string of the molecule is O=C([O-])C1=NN(c2ccc(S(=O)(=O)[O-])cc2)C(=O)C1N=Nc1ccc(S(=O)(=O)[O-])cc1.[H-].[H-].[Na+].[Na+].[Na+].[Na+].[Na+]. The van der Waals surface area contributed by atoms with Gasteiger partial charge in [-0.25, -0.2) is 16.8 Å². The van der Waals surface area contributed by atoms with Gasteiger partial charge in [0, 0.05) is 0 Å². The van der Waals surface area contributed by atoms with E-state index < -0.39 is 53.7 Å². The Bertz CT molecular complexity index is 1350. The van der Waals surface area contributed by atoms with Gasteiger partial charge in [0.2, 0.25) is 0 Å². The van der Waals surface area contributed by atoms with Crippen molar-refractivity contribution in [3.63, 3.8) is 0 Å². The Morgan fingerprint density at radius 3 is 1.64 bits per heavy atom. The molecule has 1 atom stereocenters. The molecule has 1 amide bonds. The van der Waals surface area contributed by atoms with Crippen LogP contribution in [0.15, 0.2) is 73.7 Å². The fourth-order valence-corrected chi connectivity index (χ4v) is 3.38. The van der Waals surface area contributed by atoms with Crippen LogP contribution in [0.5, 0.6) is 0 Å². The molecule has 1 aliphatic heterocycles. The van der Waals surface area contributed by atoms with Crippen molar-refractivity contribution in [3.05, 3.63) is 48.5 Å². The molecule has 0 radical (unpaired) electrons. The second-order valence-electron chi connectivity index (χ2n) is 5.94.